The van der Waals surface area contributed by atoms with Crippen LogP contribution in [-0.4, -0.2) is 17.8 Å². The van der Waals surface area contributed by atoms with Gasteiger partial charge in [-0.05, 0) is 79.4 Å². The highest BCUT2D eigenvalue weighted by Gasteiger charge is 2.37. The fourth-order valence-corrected chi connectivity index (χ4v) is 7.67. The quantitative estimate of drug-likeness (QED) is 0.202. The molecule has 1 N–H and O–H groups in total. The van der Waals surface area contributed by atoms with Crippen LogP contribution in [0.3, 0.4) is 0 Å². The zero-order valence-corrected chi connectivity index (χ0v) is 27.8. The molecule has 3 aliphatic rings. The first kappa shape index (κ1) is 29.4. The minimum Gasteiger partial charge on any atom is -0.485 e. The van der Waals surface area contributed by atoms with E-state index < -0.39 is 6.17 Å². The standard InChI is InChI=1S/C47H33N3O/c1-3-13-31(14-4-1)45-48-46(32-15-5-2-6-16-32)50-47(49-45)41-27-39(29-43-44(41)40-26-36-18-9-10-19-37(36)28-42(40)51-43)35-21-11-20-34(25-35)38-23-22-30-12-7-8-17-33(30)24-38/h1-29,40,42,45H,(H,48,49,50). The molecule has 0 spiro atoms. The molecular weight excluding hydrogens is 623 g/mol. The Kier molecular flexibility index (Phi) is 6.98. The fourth-order valence-electron chi connectivity index (χ4n) is 7.67. The van der Waals surface area contributed by atoms with Gasteiger partial charge in [-0.15, -0.1) is 0 Å². The summed E-state index contributed by atoms with van der Waals surface area (Å²) in [5.74, 6) is 2.52. The number of amidine groups is 2. The highest BCUT2D eigenvalue weighted by molar-refractivity contribution is 6.17. The average Bonchev–Trinajstić information content (AvgIpc) is 3.57. The molecule has 0 saturated carbocycles. The Morgan fingerprint density at radius 1 is 0.471 bits per heavy atom. The van der Waals surface area contributed by atoms with Crippen molar-refractivity contribution in [3.63, 3.8) is 0 Å². The summed E-state index contributed by atoms with van der Waals surface area (Å²) in [6.07, 6.45) is 4.13. The van der Waals surface area contributed by atoms with Crippen LogP contribution in [0.5, 0.6) is 5.75 Å². The number of nitrogens with one attached hydrogen (secondary N) is 1. The van der Waals surface area contributed by atoms with E-state index >= 15 is 0 Å². The maximum absolute atomic E-state index is 6.85. The van der Waals surface area contributed by atoms with Crippen LogP contribution in [-0.2, 0) is 0 Å². The average molecular weight is 656 g/mol. The number of benzene rings is 7. The SMILES string of the molecule is C1=c2ccccc2=CC2c3c(cc(-c4cccc(-c5ccc6ccccc6c5)c4)cc3C3=NC(c4ccccc4)N=C(c4ccccc4)N3)OC12. The fraction of sp³-hybridized carbons (Fsp3) is 0.0638. The molecule has 4 nitrogen and oxygen atoms in total. The lowest BCUT2D eigenvalue weighted by Gasteiger charge is -2.25. The zero-order valence-electron chi connectivity index (χ0n) is 27.8. The van der Waals surface area contributed by atoms with Gasteiger partial charge in [-0.3, -0.25) is 0 Å². The monoisotopic (exact) mass is 655 g/mol. The molecule has 0 saturated heterocycles. The van der Waals surface area contributed by atoms with E-state index in [0.29, 0.717) is 0 Å². The van der Waals surface area contributed by atoms with Gasteiger partial charge in [-0.25, -0.2) is 9.98 Å². The minimum atomic E-state index is -0.395. The highest BCUT2D eigenvalue weighted by Crippen LogP contribution is 2.46. The lowest BCUT2D eigenvalue weighted by Crippen LogP contribution is -2.37. The van der Waals surface area contributed by atoms with Crippen LogP contribution in [0.4, 0.5) is 0 Å². The number of nitrogens with zero attached hydrogens (tertiary/aromatic N) is 2. The highest BCUT2D eigenvalue weighted by atomic mass is 16.5. The Morgan fingerprint density at radius 2 is 1.12 bits per heavy atom. The van der Waals surface area contributed by atoms with Gasteiger partial charge in [-0.2, -0.15) is 0 Å². The van der Waals surface area contributed by atoms with Gasteiger partial charge in [0.05, 0.1) is 0 Å². The first-order valence-corrected chi connectivity index (χ1v) is 17.5. The van der Waals surface area contributed by atoms with Crippen molar-refractivity contribution in [3.8, 4) is 28.0 Å². The first-order chi connectivity index (χ1) is 25.2. The van der Waals surface area contributed by atoms with Gasteiger partial charge in [0.15, 0.2) is 6.17 Å². The maximum atomic E-state index is 6.85. The summed E-state index contributed by atoms with van der Waals surface area (Å²) >= 11 is 0. The molecule has 7 aromatic carbocycles. The summed E-state index contributed by atoms with van der Waals surface area (Å²) in [6, 6.07) is 57.7. The van der Waals surface area contributed by atoms with Crippen LogP contribution in [0.2, 0.25) is 0 Å². The molecule has 1 aliphatic carbocycles. The van der Waals surface area contributed by atoms with E-state index in [9.17, 15) is 0 Å². The molecule has 10 rings (SSSR count). The van der Waals surface area contributed by atoms with Crippen molar-refractivity contribution in [2.75, 3.05) is 0 Å². The topological polar surface area (TPSA) is 46.0 Å². The molecule has 51 heavy (non-hydrogen) atoms. The van der Waals surface area contributed by atoms with Crippen LogP contribution in [0.25, 0.3) is 45.2 Å². The van der Waals surface area contributed by atoms with Crippen molar-refractivity contribution < 1.29 is 4.74 Å². The molecule has 0 fully saturated rings. The number of fused-ring (bicyclic) bond motifs is 5. The third-order valence-corrected chi connectivity index (χ3v) is 10.2. The third-order valence-electron chi connectivity index (χ3n) is 10.2. The summed E-state index contributed by atoms with van der Waals surface area (Å²) in [7, 11) is 0. The third kappa shape index (κ3) is 5.33. The molecule has 2 aliphatic heterocycles. The van der Waals surface area contributed by atoms with Gasteiger partial charge in [0.1, 0.15) is 23.5 Å². The van der Waals surface area contributed by atoms with Crippen LogP contribution in [0.15, 0.2) is 174 Å². The van der Waals surface area contributed by atoms with Crippen LogP contribution in [0, 0.1) is 0 Å². The Morgan fingerprint density at radius 3 is 1.94 bits per heavy atom. The lowest BCUT2D eigenvalue weighted by atomic mass is 9.85. The van der Waals surface area contributed by atoms with Gasteiger partial charge in [0.25, 0.3) is 0 Å². The molecule has 0 bridgehead atoms. The van der Waals surface area contributed by atoms with Crippen molar-refractivity contribution in [1.29, 1.82) is 0 Å². The lowest BCUT2D eigenvalue weighted by molar-refractivity contribution is 0.288. The Bertz CT molecular complexity index is 2660. The Labute approximate surface area is 296 Å². The summed E-state index contributed by atoms with van der Waals surface area (Å²) < 4.78 is 6.85. The first-order valence-electron chi connectivity index (χ1n) is 17.5. The Balaban J connectivity index is 1.15. The molecule has 0 aromatic heterocycles. The van der Waals surface area contributed by atoms with Crippen LogP contribution >= 0.6 is 0 Å². The molecular formula is C47H33N3O. The van der Waals surface area contributed by atoms with E-state index in [0.717, 1.165) is 50.8 Å². The van der Waals surface area contributed by atoms with E-state index in [1.54, 1.807) is 0 Å². The second kappa shape index (κ2) is 12.1. The molecule has 242 valence electrons. The number of aliphatic imine (C=N–C) groups is 2. The minimum absolute atomic E-state index is 0.0431. The van der Waals surface area contributed by atoms with Crippen LogP contribution in [0.1, 0.15) is 34.3 Å². The molecule has 3 unspecified atom stereocenters. The number of rotatable bonds is 5. The molecule has 4 heteroatoms. The number of ether oxygens (including phenoxy) is 1. The summed E-state index contributed by atoms with van der Waals surface area (Å²) in [5.41, 5.74) is 8.78. The predicted octanol–water partition coefficient (Wildman–Crippen LogP) is 8.79. The summed E-state index contributed by atoms with van der Waals surface area (Å²) in [5, 5.41) is 8.58. The molecule has 2 heterocycles. The number of hydrogen-bond acceptors (Lipinski definition) is 4. The summed E-state index contributed by atoms with van der Waals surface area (Å²) in [4.78, 5) is 10.4. The van der Waals surface area contributed by atoms with Crippen molar-refractivity contribution in [3.05, 3.63) is 196 Å². The Hall–Kier alpha value is -6.52. The van der Waals surface area contributed by atoms with Crippen molar-refractivity contribution in [2.45, 2.75) is 18.2 Å². The molecule has 3 atom stereocenters. The van der Waals surface area contributed by atoms with E-state index in [4.69, 9.17) is 14.7 Å². The molecule has 0 radical (unpaired) electrons. The van der Waals surface area contributed by atoms with E-state index in [2.05, 4.69) is 145 Å². The van der Waals surface area contributed by atoms with Gasteiger partial charge >= 0.3 is 0 Å². The maximum Gasteiger partial charge on any atom is 0.169 e. The van der Waals surface area contributed by atoms with Crippen molar-refractivity contribution >= 4 is 34.6 Å². The van der Waals surface area contributed by atoms with Gasteiger partial charge < -0.3 is 10.1 Å². The van der Waals surface area contributed by atoms with Gasteiger partial charge in [0.2, 0.25) is 0 Å². The van der Waals surface area contributed by atoms with Crippen LogP contribution < -0.4 is 20.5 Å². The van der Waals surface area contributed by atoms with Crippen molar-refractivity contribution in [2.24, 2.45) is 9.98 Å². The number of hydrogen-bond donors (Lipinski definition) is 1. The normalized spacial score (nSPS) is 18.5. The smallest absolute Gasteiger partial charge is 0.169 e. The molecule has 0 amide bonds. The van der Waals surface area contributed by atoms with E-state index in [-0.39, 0.29) is 12.0 Å². The summed E-state index contributed by atoms with van der Waals surface area (Å²) in [6.45, 7) is 0. The zero-order chi connectivity index (χ0) is 33.7. The van der Waals surface area contributed by atoms with Crippen molar-refractivity contribution in [1.82, 2.24) is 5.32 Å². The van der Waals surface area contributed by atoms with E-state index in [1.807, 2.05) is 36.4 Å². The second-order valence-corrected chi connectivity index (χ2v) is 13.4. The molecule has 7 aromatic rings. The van der Waals surface area contributed by atoms with E-state index in [1.165, 1.54) is 32.3 Å². The second-order valence-electron chi connectivity index (χ2n) is 13.4. The van der Waals surface area contributed by atoms with Gasteiger partial charge in [0, 0.05) is 22.6 Å². The van der Waals surface area contributed by atoms with Gasteiger partial charge in [-0.1, -0.05) is 146 Å². The predicted molar refractivity (Wildman–Crippen MR) is 208 cm³/mol. The largest absolute Gasteiger partial charge is 0.485 e.